The molecule has 0 aromatic rings. The van der Waals surface area contributed by atoms with Crippen LogP contribution in [0.2, 0.25) is 0 Å². The Morgan fingerprint density at radius 1 is 1.09 bits per heavy atom. The number of fused-ring (bicyclic) bond motifs is 6. The summed E-state index contributed by atoms with van der Waals surface area (Å²) in [5.74, 6) is 2.51. The van der Waals surface area contributed by atoms with Gasteiger partial charge in [-0.1, -0.05) is 26.0 Å². The molecule has 0 amide bonds. The van der Waals surface area contributed by atoms with E-state index in [9.17, 15) is 4.79 Å². The minimum absolute atomic E-state index is 0.204. The summed E-state index contributed by atoms with van der Waals surface area (Å²) in [4.78, 5) is 11.9. The molecule has 3 unspecified atom stereocenters. The van der Waals surface area contributed by atoms with Gasteiger partial charge in [0.2, 0.25) is 0 Å². The number of carbonyl (C=O) groups is 1. The average molecular weight is 312 g/mol. The third-order valence-electron chi connectivity index (χ3n) is 8.69. The van der Waals surface area contributed by atoms with Gasteiger partial charge in [0.1, 0.15) is 0 Å². The Morgan fingerprint density at radius 3 is 2.61 bits per heavy atom. The first-order valence-corrected chi connectivity index (χ1v) is 9.56. The molecule has 6 atom stereocenters. The van der Waals surface area contributed by atoms with Gasteiger partial charge in [0.15, 0.2) is 5.78 Å². The summed E-state index contributed by atoms with van der Waals surface area (Å²) < 4.78 is 6.20. The van der Waals surface area contributed by atoms with E-state index in [1.54, 1.807) is 0 Å². The van der Waals surface area contributed by atoms with Gasteiger partial charge >= 0.3 is 0 Å². The molecule has 0 radical (unpaired) electrons. The topological polar surface area (TPSA) is 26.3 Å². The molecule has 5 aliphatic rings. The second kappa shape index (κ2) is 4.39. The van der Waals surface area contributed by atoms with E-state index in [4.69, 9.17) is 4.74 Å². The number of carbonyl (C=O) groups excluding carboxylic acids is 1. The highest BCUT2D eigenvalue weighted by Gasteiger charge is 2.66. The number of ether oxygens (including phenoxy) is 1. The monoisotopic (exact) mass is 312 g/mol. The van der Waals surface area contributed by atoms with E-state index in [1.807, 2.05) is 6.08 Å². The molecule has 3 fully saturated rings. The van der Waals surface area contributed by atoms with Gasteiger partial charge in [-0.2, -0.15) is 0 Å². The molecule has 4 aliphatic carbocycles. The van der Waals surface area contributed by atoms with Crippen LogP contribution >= 0.6 is 0 Å². The minimum Gasteiger partial charge on any atom is -0.374 e. The van der Waals surface area contributed by atoms with E-state index >= 15 is 0 Å². The molecule has 1 saturated heterocycles. The molecule has 0 aromatic carbocycles. The minimum atomic E-state index is 0.204. The summed E-state index contributed by atoms with van der Waals surface area (Å²) >= 11 is 0. The molecule has 0 bridgehead atoms. The van der Waals surface area contributed by atoms with Crippen molar-refractivity contribution in [3.8, 4) is 0 Å². The first-order chi connectivity index (χ1) is 11.0. The van der Waals surface area contributed by atoms with Crippen molar-refractivity contribution in [2.75, 3.05) is 6.61 Å². The molecule has 2 heteroatoms. The predicted octanol–water partition coefficient (Wildman–Crippen LogP) is 4.45. The summed E-state index contributed by atoms with van der Waals surface area (Å²) in [5.41, 5.74) is 2.12. The van der Waals surface area contributed by atoms with Crippen LogP contribution < -0.4 is 0 Å². The molecular formula is C21H28O2. The molecule has 1 spiro atoms. The third kappa shape index (κ3) is 1.61. The fourth-order valence-electron chi connectivity index (χ4n) is 7.09. The Bertz CT molecular complexity index is 626. The lowest BCUT2D eigenvalue weighted by molar-refractivity contribution is -0.222. The van der Waals surface area contributed by atoms with Gasteiger partial charge < -0.3 is 4.74 Å². The van der Waals surface area contributed by atoms with Crippen LogP contribution in [0.4, 0.5) is 0 Å². The first-order valence-electron chi connectivity index (χ1n) is 9.56. The maximum Gasteiger partial charge on any atom is 0.156 e. The molecular weight excluding hydrogens is 284 g/mol. The Labute approximate surface area is 139 Å². The summed E-state index contributed by atoms with van der Waals surface area (Å²) in [6, 6.07) is 0. The van der Waals surface area contributed by atoms with Crippen molar-refractivity contribution in [1.82, 2.24) is 0 Å². The summed E-state index contributed by atoms with van der Waals surface area (Å²) in [6.07, 6.45) is 15.0. The molecule has 5 rings (SSSR count). The number of rotatable bonds is 0. The average Bonchev–Trinajstić information content (AvgIpc) is 2.81. The zero-order valence-corrected chi connectivity index (χ0v) is 14.4. The highest BCUT2D eigenvalue weighted by Crippen LogP contribution is 2.68. The van der Waals surface area contributed by atoms with Gasteiger partial charge in [-0.3, -0.25) is 4.79 Å². The molecule has 23 heavy (non-hydrogen) atoms. The normalized spacial score (nSPS) is 54.1. The van der Waals surface area contributed by atoms with Crippen LogP contribution in [0, 0.1) is 28.6 Å². The fourth-order valence-corrected chi connectivity index (χ4v) is 7.09. The number of ketones is 1. The van der Waals surface area contributed by atoms with Crippen LogP contribution in [0.15, 0.2) is 23.8 Å². The van der Waals surface area contributed by atoms with Crippen molar-refractivity contribution in [2.24, 2.45) is 28.6 Å². The Kier molecular flexibility index (Phi) is 2.76. The van der Waals surface area contributed by atoms with Crippen LogP contribution in [0.1, 0.15) is 58.8 Å². The third-order valence-corrected chi connectivity index (χ3v) is 8.69. The first kappa shape index (κ1) is 14.5. The van der Waals surface area contributed by atoms with E-state index in [1.165, 1.54) is 37.7 Å². The van der Waals surface area contributed by atoms with Crippen LogP contribution in [0.5, 0.6) is 0 Å². The van der Waals surface area contributed by atoms with Crippen LogP contribution in [0.25, 0.3) is 0 Å². The quantitative estimate of drug-likeness (QED) is 0.660. The second-order valence-corrected chi connectivity index (χ2v) is 9.22. The van der Waals surface area contributed by atoms with Crippen LogP contribution in [0.3, 0.4) is 0 Å². The standard InChI is InChI=1S/C21H28O2/c1-19-8-5-15(22)13-14(19)3-4-16-17(19)6-9-20(2)18(16)7-10-21(20)11-12-23-21/h3-4,13,16-18H,5-12H2,1-2H3/t16?,17?,18?,19-,20-,21+/m0/s1. The van der Waals surface area contributed by atoms with Crippen molar-refractivity contribution < 1.29 is 9.53 Å². The number of hydrogen-bond donors (Lipinski definition) is 0. The van der Waals surface area contributed by atoms with E-state index in [0.29, 0.717) is 17.1 Å². The highest BCUT2D eigenvalue weighted by molar-refractivity contribution is 5.92. The zero-order valence-electron chi connectivity index (χ0n) is 14.4. The summed E-state index contributed by atoms with van der Waals surface area (Å²) in [7, 11) is 0. The fraction of sp³-hybridized carbons (Fsp3) is 0.762. The second-order valence-electron chi connectivity index (χ2n) is 9.22. The Morgan fingerprint density at radius 2 is 1.87 bits per heavy atom. The summed E-state index contributed by atoms with van der Waals surface area (Å²) in [6.45, 7) is 5.92. The van der Waals surface area contributed by atoms with Gasteiger partial charge in [0.25, 0.3) is 0 Å². The van der Waals surface area contributed by atoms with Crippen LogP contribution in [-0.2, 0) is 9.53 Å². The van der Waals surface area contributed by atoms with Crippen molar-refractivity contribution in [3.63, 3.8) is 0 Å². The van der Waals surface area contributed by atoms with Gasteiger partial charge in [0, 0.05) is 18.3 Å². The zero-order chi connectivity index (χ0) is 15.9. The molecule has 2 nitrogen and oxygen atoms in total. The SMILES string of the molecule is C[C@]12CCC(=O)C=C1C=CC1C2CC[C@@]2(C)C1CC[C@@]21CCO1. The summed E-state index contributed by atoms with van der Waals surface area (Å²) in [5, 5.41) is 0. The molecule has 0 aromatic heterocycles. The van der Waals surface area contributed by atoms with Crippen molar-refractivity contribution in [1.29, 1.82) is 0 Å². The Hall–Kier alpha value is -0.890. The van der Waals surface area contributed by atoms with E-state index in [0.717, 1.165) is 31.3 Å². The van der Waals surface area contributed by atoms with Gasteiger partial charge in [-0.15, -0.1) is 0 Å². The maximum atomic E-state index is 11.9. The highest BCUT2D eigenvalue weighted by atomic mass is 16.5. The van der Waals surface area contributed by atoms with Crippen molar-refractivity contribution >= 4 is 5.78 Å². The molecule has 1 aliphatic heterocycles. The van der Waals surface area contributed by atoms with E-state index in [-0.39, 0.29) is 11.0 Å². The molecule has 1 heterocycles. The van der Waals surface area contributed by atoms with Gasteiger partial charge in [-0.25, -0.2) is 0 Å². The van der Waals surface area contributed by atoms with E-state index < -0.39 is 0 Å². The van der Waals surface area contributed by atoms with Crippen molar-refractivity contribution in [3.05, 3.63) is 23.8 Å². The van der Waals surface area contributed by atoms with Crippen LogP contribution in [-0.4, -0.2) is 18.0 Å². The molecule has 0 N–H and O–H groups in total. The van der Waals surface area contributed by atoms with Crippen molar-refractivity contribution in [2.45, 2.75) is 64.4 Å². The van der Waals surface area contributed by atoms with Gasteiger partial charge in [-0.05, 0) is 66.9 Å². The Balaban J connectivity index is 1.55. The smallest absolute Gasteiger partial charge is 0.156 e. The van der Waals surface area contributed by atoms with E-state index in [2.05, 4.69) is 26.0 Å². The maximum absolute atomic E-state index is 11.9. The number of allylic oxidation sites excluding steroid dienone is 4. The lowest BCUT2D eigenvalue weighted by Gasteiger charge is -2.60. The lowest BCUT2D eigenvalue weighted by Crippen LogP contribution is -2.58. The number of hydrogen-bond acceptors (Lipinski definition) is 2. The largest absolute Gasteiger partial charge is 0.374 e. The predicted molar refractivity (Wildman–Crippen MR) is 89.9 cm³/mol. The lowest BCUT2D eigenvalue weighted by atomic mass is 9.47. The van der Waals surface area contributed by atoms with Gasteiger partial charge in [0.05, 0.1) is 12.2 Å². The molecule has 124 valence electrons. The molecule has 2 saturated carbocycles.